The number of rotatable bonds is 13. The van der Waals surface area contributed by atoms with E-state index in [2.05, 4.69) is 31.4 Å². The summed E-state index contributed by atoms with van der Waals surface area (Å²) in [6.07, 6.45) is -10.7. The number of nitrogens with zero attached hydrogens (tertiary/aromatic N) is 1. The number of ether oxygens (including phenoxy) is 9. The first-order chi connectivity index (χ1) is 31.9. The maximum Gasteiger partial charge on any atom is 0.410 e. The van der Waals surface area contributed by atoms with Crippen LogP contribution in [0.15, 0.2) is 91.0 Å². The molecule has 3 amide bonds. The second-order valence-electron chi connectivity index (χ2n) is 18.1. The molecule has 0 aromatic heterocycles. The zero-order valence-corrected chi connectivity index (χ0v) is 37.8. The summed E-state index contributed by atoms with van der Waals surface area (Å²) < 4.78 is 73.3. The van der Waals surface area contributed by atoms with Gasteiger partial charge in [0.2, 0.25) is 0 Å². The van der Waals surface area contributed by atoms with Crippen molar-refractivity contribution in [3.8, 4) is 0 Å². The standard InChI is InChI=1S/C49H60FN3O13/c1-6-35-27(2)22-28(3)44(60-35)66-46-38-42(65-49(57)53(38)5)41-36(61-46)23-29(4)45(64-41)63-40-34(52-48(56)59-26-31-18-12-8-13-19-31)24-33(51-47(55)58-25-30-16-10-7-11-17-30)39(37(40)50)62-43(54)32-20-14-9-15-21-32/h7-21,27-29,33-42,44-46H,6,22-26H2,1-5H3,(H,51,55)(H,52,56)/t27-,28?,29?,33+,34?,35?,36-,37+,38?,39?,40+,41?,42?,44+,45-,46?/m0/s1. The quantitative estimate of drug-likeness (QED) is 0.132. The molecule has 2 N–H and O–H groups in total. The lowest BCUT2D eigenvalue weighted by Gasteiger charge is -2.51. The molecule has 8 rings (SSSR count). The summed E-state index contributed by atoms with van der Waals surface area (Å²) in [7, 11) is 1.61. The summed E-state index contributed by atoms with van der Waals surface area (Å²) >= 11 is 0. The fourth-order valence-corrected chi connectivity index (χ4v) is 9.76. The Morgan fingerprint density at radius 3 is 1.85 bits per heavy atom. The highest BCUT2D eigenvalue weighted by Crippen LogP contribution is 2.43. The van der Waals surface area contributed by atoms with E-state index in [0.717, 1.165) is 18.4 Å². The van der Waals surface area contributed by atoms with Crippen LogP contribution in [0, 0.1) is 17.8 Å². The molecular weight excluding hydrogens is 858 g/mol. The molecule has 0 radical (unpaired) electrons. The van der Waals surface area contributed by atoms with E-state index in [1.165, 1.54) is 17.0 Å². The highest BCUT2D eigenvalue weighted by Gasteiger charge is 2.60. The van der Waals surface area contributed by atoms with Gasteiger partial charge in [0.15, 0.2) is 37.2 Å². The lowest BCUT2D eigenvalue weighted by Crippen LogP contribution is -2.67. The Balaban J connectivity index is 1.03. The maximum atomic E-state index is 17.6. The van der Waals surface area contributed by atoms with Gasteiger partial charge in [0.1, 0.15) is 31.5 Å². The molecule has 0 bridgehead atoms. The Morgan fingerprint density at radius 1 is 0.682 bits per heavy atom. The zero-order valence-electron chi connectivity index (χ0n) is 37.8. The number of halogens is 1. The van der Waals surface area contributed by atoms with Gasteiger partial charge in [-0.15, -0.1) is 0 Å². The average molecular weight is 918 g/mol. The molecule has 1 aliphatic carbocycles. The van der Waals surface area contributed by atoms with Crippen molar-refractivity contribution in [3.63, 3.8) is 0 Å². The number of alkyl carbamates (subject to hydrolysis) is 2. The fourth-order valence-electron chi connectivity index (χ4n) is 9.76. The number of carbonyl (C=O) groups excluding carboxylic acids is 4. The van der Waals surface area contributed by atoms with Crippen molar-refractivity contribution in [1.82, 2.24) is 15.5 Å². The number of alkyl halides is 1. The molecule has 17 heteroatoms. The van der Waals surface area contributed by atoms with Crippen molar-refractivity contribution < 1.29 is 66.2 Å². The van der Waals surface area contributed by atoms with Gasteiger partial charge in [0.25, 0.3) is 0 Å². The number of fused-ring (bicyclic) bond motifs is 3. The number of hydrogen-bond acceptors (Lipinski definition) is 13. The first-order valence-electron chi connectivity index (χ1n) is 22.9. The zero-order chi connectivity index (χ0) is 46.5. The maximum absolute atomic E-state index is 17.6. The number of benzene rings is 3. The van der Waals surface area contributed by atoms with Crippen LogP contribution in [-0.4, -0.2) is 116 Å². The molecule has 3 aromatic carbocycles. The van der Waals surface area contributed by atoms with Gasteiger partial charge in [-0.2, -0.15) is 0 Å². The predicted octanol–water partition coefficient (Wildman–Crippen LogP) is 7.04. The third-order valence-corrected chi connectivity index (χ3v) is 13.3. The van der Waals surface area contributed by atoms with Crippen LogP contribution in [0.25, 0.3) is 0 Å². The number of amides is 3. The van der Waals surface area contributed by atoms with Crippen LogP contribution in [0.5, 0.6) is 0 Å². The van der Waals surface area contributed by atoms with E-state index < -0.39 is 104 Å². The summed E-state index contributed by atoms with van der Waals surface area (Å²) in [6, 6.07) is 23.0. The number of hydrogen-bond donors (Lipinski definition) is 2. The Hall–Kier alpha value is -5.33. The molecule has 1 saturated carbocycles. The van der Waals surface area contributed by atoms with Gasteiger partial charge < -0.3 is 53.3 Å². The molecule has 4 saturated heterocycles. The molecule has 5 fully saturated rings. The van der Waals surface area contributed by atoms with E-state index >= 15 is 4.39 Å². The molecule has 4 aliphatic heterocycles. The van der Waals surface area contributed by atoms with Gasteiger partial charge >= 0.3 is 24.2 Å². The van der Waals surface area contributed by atoms with Gasteiger partial charge in [-0.25, -0.2) is 23.6 Å². The third kappa shape index (κ3) is 10.8. The molecule has 356 valence electrons. The van der Waals surface area contributed by atoms with Gasteiger partial charge in [0.05, 0.1) is 29.9 Å². The highest BCUT2D eigenvalue weighted by molar-refractivity contribution is 5.89. The van der Waals surface area contributed by atoms with Crippen molar-refractivity contribution in [1.29, 1.82) is 0 Å². The molecule has 4 heterocycles. The second kappa shape index (κ2) is 21.1. The van der Waals surface area contributed by atoms with Crippen LogP contribution < -0.4 is 10.6 Å². The summed E-state index contributed by atoms with van der Waals surface area (Å²) in [5.41, 5.74) is 1.59. The normalized spacial score (nSPS) is 35.1. The van der Waals surface area contributed by atoms with E-state index in [9.17, 15) is 19.2 Å². The second-order valence-corrected chi connectivity index (χ2v) is 18.1. The monoisotopic (exact) mass is 917 g/mol. The van der Waals surface area contributed by atoms with Gasteiger partial charge in [-0.1, -0.05) is 107 Å². The first kappa shape index (κ1) is 47.2. The van der Waals surface area contributed by atoms with Crippen LogP contribution in [0.1, 0.15) is 74.9 Å². The minimum Gasteiger partial charge on any atom is -0.453 e. The van der Waals surface area contributed by atoms with E-state index in [0.29, 0.717) is 17.9 Å². The number of nitrogens with one attached hydrogen (secondary N) is 2. The third-order valence-electron chi connectivity index (χ3n) is 13.3. The summed E-state index contributed by atoms with van der Waals surface area (Å²) in [5, 5.41) is 5.45. The highest BCUT2D eigenvalue weighted by atomic mass is 19.1. The molecule has 66 heavy (non-hydrogen) atoms. The molecule has 16 atom stereocenters. The summed E-state index contributed by atoms with van der Waals surface area (Å²) in [6.45, 7) is 8.01. The Bertz CT molecular complexity index is 2110. The van der Waals surface area contributed by atoms with Crippen LogP contribution in [0.4, 0.5) is 18.8 Å². The van der Waals surface area contributed by atoms with Crippen molar-refractivity contribution in [2.24, 2.45) is 17.8 Å². The summed E-state index contributed by atoms with van der Waals surface area (Å²) in [5.74, 6) is -0.861. The van der Waals surface area contributed by atoms with E-state index in [-0.39, 0.29) is 37.2 Å². The van der Waals surface area contributed by atoms with E-state index in [1.54, 1.807) is 73.8 Å². The van der Waals surface area contributed by atoms with E-state index in [1.807, 2.05) is 19.1 Å². The molecule has 5 aliphatic rings. The molecule has 9 unspecified atom stereocenters. The molecule has 16 nitrogen and oxygen atoms in total. The number of likely N-dealkylation sites (N-methyl/N-ethyl adjacent to an activating group) is 1. The molecule has 3 aromatic rings. The Kier molecular flexibility index (Phi) is 15.1. The SMILES string of the molecule is CCC1O[C@H](OC2O[C@H]3CC(C)[C@@H](O[C@@H]4C(NC(=O)OCc5ccccc5)C[C@@H](NC(=O)OCc5ccccc5)C(OC(=O)c5ccccc5)[C@H]4F)OC3C3OC(=O)N(C)C23)C(C)C[C@@H]1C. The van der Waals surface area contributed by atoms with Crippen LogP contribution in [0.3, 0.4) is 0 Å². The molecule has 0 spiro atoms. The topological polar surface area (TPSA) is 179 Å². The minimum atomic E-state index is -2.16. The summed E-state index contributed by atoms with van der Waals surface area (Å²) in [4.78, 5) is 55.1. The predicted molar refractivity (Wildman–Crippen MR) is 233 cm³/mol. The van der Waals surface area contributed by atoms with Crippen LogP contribution in [0.2, 0.25) is 0 Å². The minimum absolute atomic E-state index is 0.0117. The van der Waals surface area contributed by atoms with Crippen molar-refractivity contribution in [2.75, 3.05) is 7.05 Å². The number of esters is 1. The van der Waals surface area contributed by atoms with Crippen molar-refractivity contribution in [3.05, 3.63) is 108 Å². The van der Waals surface area contributed by atoms with E-state index in [4.69, 9.17) is 42.6 Å². The van der Waals surface area contributed by atoms with Crippen molar-refractivity contribution >= 4 is 24.2 Å². The van der Waals surface area contributed by atoms with Gasteiger partial charge in [0, 0.05) is 18.9 Å². The Labute approximate surface area is 384 Å². The Morgan fingerprint density at radius 2 is 1.24 bits per heavy atom. The van der Waals surface area contributed by atoms with Crippen molar-refractivity contribution in [2.45, 2.75) is 146 Å². The van der Waals surface area contributed by atoms with Crippen LogP contribution in [-0.2, 0) is 55.8 Å². The van der Waals surface area contributed by atoms with Crippen LogP contribution >= 0.6 is 0 Å². The fraction of sp³-hybridized carbons (Fsp3) is 0.551. The lowest BCUT2D eigenvalue weighted by atomic mass is 9.83. The number of carbonyl (C=O) groups is 4. The van der Waals surface area contributed by atoms with Gasteiger partial charge in [-0.3, -0.25) is 4.90 Å². The first-order valence-corrected chi connectivity index (χ1v) is 22.9. The van der Waals surface area contributed by atoms with Gasteiger partial charge in [-0.05, 0) is 54.9 Å². The average Bonchev–Trinajstić information content (AvgIpc) is 3.62. The smallest absolute Gasteiger partial charge is 0.410 e. The molecular formula is C49H60FN3O13. The lowest BCUT2D eigenvalue weighted by molar-refractivity contribution is -0.366. The largest absolute Gasteiger partial charge is 0.453 e.